The molecule has 1 saturated heterocycles. The number of morpholine rings is 1. The van der Waals surface area contributed by atoms with Crippen LogP contribution in [-0.2, 0) is 19.6 Å². The molecule has 0 aromatic carbocycles. The summed E-state index contributed by atoms with van der Waals surface area (Å²) < 4.78 is 30.6. The monoisotopic (exact) mass is 266 g/mol. The van der Waals surface area contributed by atoms with E-state index < -0.39 is 21.7 Å². The molecule has 0 aromatic heterocycles. The highest BCUT2D eigenvalue weighted by Gasteiger charge is 2.20. The van der Waals surface area contributed by atoms with Crippen LogP contribution in [0.25, 0.3) is 0 Å². The van der Waals surface area contributed by atoms with Crippen molar-refractivity contribution in [3.63, 3.8) is 0 Å². The highest BCUT2D eigenvalue weighted by Crippen LogP contribution is 2.02. The van der Waals surface area contributed by atoms with Crippen LogP contribution in [0.3, 0.4) is 0 Å². The van der Waals surface area contributed by atoms with E-state index in [9.17, 15) is 13.2 Å². The molecular formula is C9H18N2O5S. The molecule has 1 heterocycles. The summed E-state index contributed by atoms with van der Waals surface area (Å²) >= 11 is 0. The van der Waals surface area contributed by atoms with Gasteiger partial charge in [0.25, 0.3) is 0 Å². The molecule has 1 unspecified atom stereocenters. The number of carboxylic acid groups (broad SMARTS) is 1. The van der Waals surface area contributed by atoms with Crippen LogP contribution in [0.2, 0.25) is 0 Å². The van der Waals surface area contributed by atoms with Gasteiger partial charge in [0, 0.05) is 19.6 Å². The summed E-state index contributed by atoms with van der Waals surface area (Å²) in [6.45, 7) is 2.27. The van der Waals surface area contributed by atoms with E-state index in [0.29, 0.717) is 13.2 Å². The lowest BCUT2D eigenvalue weighted by atomic mass is 10.3. The van der Waals surface area contributed by atoms with Crippen molar-refractivity contribution < 1.29 is 23.1 Å². The SMILES string of the molecule is CN1CCOC(CNS(=O)(=O)CCC(=O)O)C1. The summed E-state index contributed by atoms with van der Waals surface area (Å²) in [5.74, 6) is -1.52. The van der Waals surface area contributed by atoms with Crippen LogP contribution in [0.1, 0.15) is 6.42 Å². The fraction of sp³-hybridized carbons (Fsp3) is 0.889. The predicted molar refractivity (Wildman–Crippen MR) is 61.3 cm³/mol. The summed E-state index contributed by atoms with van der Waals surface area (Å²) in [7, 11) is -1.58. The number of likely N-dealkylation sites (N-methyl/N-ethyl adjacent to an activating group) is 1. The van der Waals surface area contributed by atoms with Crippen LogP contribution in [-0.4, -0.2) is 69.5 Å². The van der Waals surface area contributed by atoms with Gasteiger partial charge in [0.1, 0.15) is 0 Å². The maximum Gasteiger partial charge on any atom is 0.304 e. The highest BCUT2D eigenvalue weighted by atomic mass is 32.2. The van der Waals surface area contributed by atoms with Crippen LogP contribution >= 0.6 is 0 Å². The number of hydrogen-bond donors (Lipinski definition) is 2. The maximum absolute atomic E-state index is 11.4. The zero-order valence-corrected chi connectivity index (χ0v) is 10.6. The van der Waals surface area contributed by atoms with Crippen molar-refractivity contribution in [3.05, 3.63) is 0 Å². The van der Waals surface area contributed by atoms with Crippen molar-refractivity contribution in [1.82, 2.24) is 9.62 Å². The van der Waals surface area contributed by atoms with E-state index in [0.717, 1.165) is 6.54 Å². The van der Waals surface area contributed by atoms with E-state index in [-0.39, 0.29) is 19.1 Å². The van der Waals surface area contributed by atoms with Gasteiger partial charge in [0.05, 0.1) is 24.9 Å². The second-order valence-corrected chi connectivity index (χ2v) is 5.99. The molecule has 100 valence electrons. The molecule has 1 fully saturated rings. The Kier molecular flexibility index (Phi) is 5.31. The molecule has 0 radical (unpaired) electrons. The third-order valence-electron chi connectivity index (χ3n) is 2.46. The molecule has 8 heteroatoms. The first-order valence-electron chi connectivity index (χ1n) is 5.38. The third-order valence-corrected chi connectivity index (χ3v) is 3.81. The Balaban J connectivity index is 2.31. The average molecular weight is 266 g/mol. The lowest BCUT2D eigenvalue weighted by Crippen LogP contribution is -2.46. The van der Waals surface area contributed by atoms with Gasteiger partial charge in [-0.3, -0.25) is 4.79 Å². The van der Waals surface area contributed by atoms with Gasteiger partial charge in [0.15, 0.2) is 0 Å². The molecule has 1 aliphatic rings. The van der Waals surface area contributed by atoms with Gasteiger partial charge in [0.2, 0.25) is 10.0 Å². The Labute approximate surface area is 101 Å². The Hall–Kier alpha value is -0.700. The second kappa shape index (κ2) is 6.29. The van der Waals surface area contributed by atoms with Crippen LogP contribution in [0.15, 0.2) is 0 Å². The molecule has 1 aliphatic heterocycles. The number of carbonyl (C=O) groups is 1. The van der Waals surface area contributed by atoms with Gasteiger partial charge in [-0.25, -0.2) is 13.1 Å². The third kappa shape index (κ3) is 5.97. The van der Waals surface area contributed by atoms with Crippen LogP contribution < -0.4 is 4.72 Å². The van der Waals surface area contributed by atoms with Crippen molar-refractivity contribution in [2.24, 2.45) is 0 Å². The highest BCUT2D eigenvalue weighted by molar-refractivity contribution is 7.89. The van der Waals surface area contributed by atoms with E-state index >= 15 is 0 Å². The van der Waals surface area contributed by atoms with Crippen molar-refractivity contribution in [2.45, 2.75) is 12.5 Å². The van der Waals surface area contributed by atoms with Crippen LogP contribution in [0, 0.1) is 0 Å². The van der Waals surface area contributed by atoms with Crippen molar-refractivity contribution in [2.75, 3.05) is 39.0 Å². The second-order valence-electron chi connectivity index (χ2n) is 4.07. The van der Waals surface area contributed by atoms with E-state index in [1.54, 1.807) is 0 Å². The number of sulfonamides is 1. The minimum atomic E-state index is -3.52. The van der Waals surface area contributed by atoms with Gasteiger partial charge in [-0.15, -0.1) is 0 Å². The van der Waals surface area contributed by atoms with E-state index in [2.05, 4.69) is 9.62 Å². The molecular weight excluding hydrogens is 248 g/mol. The molecule has 17 heavy (non-hydrogen) atoms. The molecule has 7 nitrogen and oxygen atoms in total. The first kappa shape index (κ1) is 14.4. The molecule has 0 aliphatic carbocycles. The first-order chi connectivity index (χ1) is 7.89. The summed E-state index contributed by atoms with van der Waals surface area (Å²) in [5, 5.41) is 8.40. The van der Waals surface area contributed by atoms with Crippen LogP contribution in [0.4, 0.5) is 0 Å². The van der Waals surface area contributed by atoms with E-state index in [1.165, 1.54) is 0 Å². The molecule has 0 saturated carbocycles. The summed E-state index contributed by atoms with van der Waals surface area (Å²) in [6.07, 6.45) is -0.561. The van der Waals surface area contributed by atoms with Gasteiger partial charge < -0.3 is 14.7 Å². The largest absolute Gasteiger partial charge is 0.481 e. The summed E-state index contributed by atoms with van der Waals surface area (Å²) in [5.41, 5.74) is 0. The van der Waals surface area contributed by atoms with Gasteiger partial charge in [-0.2, -0.15) is 0 Å². The van der Waals surface area contributed by atoms with E-state index in [4.69, 9.17) is 9.84 Å². The molecule has 0 amide bonds. The predicted octanol–water partition coefficient (Wildman–Crippen LogP) is -1.29. The van der Waals surface area contributed by atoms with Crippen molar-refractivity contribution in [1.29, 1.82) is 0 Å². The molecule has 0 aromatic rings. The number of hydrogen-bond acceptors (Lipinski definition) is 5. The number of rotatable bonds is 6. The maximum atomic E-state index is 11.4. The Morgan fingerprint density at radius 3 is 2.88 bits per heavy atom. The van der Waals surface area contributed by atoms with E-state index in [1.807, 2.05) is 7.05 Å². The number of ether oxygens (including phenoxy) is 1. The zero-order valence-electron chi connectivity index (χ0n) is 9.76. The normalized spacial score (nSPS) is 22.5. The molecule has 0 bridgehead atoms. The number of carboxylic acids is 1. The summed E-state index contributed by atoms with van der Waals surface area (Å²) in [6, 6.07) is 0. The number of nitrogens with one attached hydrogen (secondary N) is 1. The Bertz CT molecular complexity index is 356. The molecule has 0 spiro atoms. The smallest absolute Gasteiger partial charge is 0.304 e. The van der Waals surface area contributed by atoms with Gasteiger partial charge >= 0.3 is 5.97 Å². The fourth-order valence-corrected chi connectivity index (χ4v) is 2.53. The summed E-state index contributed by atoms with van der Waals surface area (Å²) in [4.78, 5) is 12.3. The molecule has 2 N–H and O–H groups in total. The van der Waals surface area contributed by atoms with Gasteiger partial charge in [-0.05, 0) is 7.05 Å². The molecule has 1 atom stereocenters. The Morgan fingerprint density at radius 1 is 1.59 bits per heavy atom. The quantitative estimate of drug-likeness (QED) is 0.621. The lowest BCUT2D eigenvalue weighted by Gasteiger charge is -2.30. The minimum absolute atomic E-state index is 0.173. The van der Waals surface area contributed by atoms with Crippen molar-refractivity contribution >= 4 is 16.0 Å². The van der Waals surface area contributed by atoms with Gasteiger partial charge in [-0.1, -0.05) is 0 Å². The Morgan fingerprint density at radius 2 is 2.29 bits per heavy atom. The topological polar surface area (TPSA) is 95.9 Å². The van der Waals surface area contributed by atoms with Crippen molar-refractivity contribution in [3.8, 4) is 0 Å². The zero-order chi connectivity index (χ0) is 12.9. The first-order valence-corrected chi connectivity index (χ1v) is 7.03. The lowest BCUT2D eigenvalue weighted by molar-refractivity contribution is -0.136. The fourth-order valence-electron chi connectivity index (χ4n) is 1.50. The number of aliphatic carboxylic acids is 1. The standard InChI is InChI=1S/C9H18N2O5S/c1-11-3-4-16-8(7-11)6-10-17(14,15)5-2-9(12)13/h8,10H,2-7H2,1H3,(H,12,13). The minimum Gasteiger partial charge on any atom is -0.481 e. The number of nitrogens with zero attached hydrogens (tertiary/aromatic N) is 1. The average Bonchev–Trinajstić information content (AvgIpc) is 2.24. The van der Waals surface area contributed by atoms with Crippen LogP contribution in [0.5, 0.6) is 0 Å². The molecule has 1 rings (SSSR count).